The van der Waals surface area contributed by atoms with Gasteiger partial charge in [-0.2, -0.15) is 4.31 Å². The van der Waals surface area contributed by atoms with Crippen LogP contribution in [0.25, 0.3) is 0 Å². The van der Waals surface area contributed by atoms with E-state index in [2.05, 4.69) is 4.98 Å². The van der Waals surface area contributed by atoms with Gasteiger partial charge in [-0.1, -0.05) is 0 Å². The zero-order chi connectivity index (χ0) is 13.9. The van der Waals surface area contributed by atoms with Crippen molar-refractivity contribution in [3.63, 3.8) is 0 Å². The highest BCUT2D eigenvalue weighted by Gasteiger charge is 2.27. The fourth-order valence-electron chi connectivity index (χ4n) is 1.40. The molecule has 18 heavy (non-hydrogen) atoms. The smallest absolute Gasteiger partial charge is 0.352 e. The number of aromatic amines is 1. The van der Waals surface area contributed by atoms with E-state index >= 15 is 0 Å². The van der Waals surface area contributed by atoms with Crippen LogP contribution in [-0.4, -0.2) is 55.6 Å². The summed E-state index contributed by atoms with van der Waals surface area (Å²) in [6.07, 6.45) is 1.16. The average Bonchev–Trinajstić information content (AvgIpc) is 2.78. The third-order valence-corrected chi connectivity index (χ3v) is 4.54. The minimum Gasteiger partial charge on any atom is -0.477 e. The zero-order valence-electron chi connectivity index (χ0n) is 10.4. The van der Waals surface area contributed by atoms with Gasteiger partial charge in [0, 0.05) is 26.4 Å². The van der Waals surface area contributed by atoms with Gasteiger partial charge in [0.25, 0.3) is 0 Å². The Morgan fingerprint density at radius 3 is 2.67 bits per heavy atom. The maximum Gasteiger partial charge on any atom is 0.352 e. The van der Waals surface area contributed by atoms with Gasteiger partial charge in [0.05, 0.1) is 6.61 Å². The Balaban J connectivity index is 3.01. The van der Waals surface area contributed by atoms with Crippen molar-refractivity contribution >= 4 is 16.0 Å². The second-order valence-corrected chi connectivity index (χ2v) is 5.88. The van der Waals surface area contributed by atoms with Crippen molar-refractivity contribution in [3.8, 4) is 0 Å². The summed E-state index contributed by atoms with van der Waals surface area (Å²) in [5, 5.41) is 8.74. The van der Waals surface area contributed by atoms with Crippen LogP contribution in [0.1, 0.15) is 17.4 Å². The van der Waals surface area contributed by atoms with Crippen molar-refractivity contribution in [2.24, 2.45) is 0 Å². The molecular formula is C10H16N2O5S. The Morgan fingerprint density at radius 2 is 2.22 bits per heavy atom. The minimum absolute atomic E-state index is 0.0784. The largest absolute Gasteiger partial charge is 0.477 e. The molecule has 0 spiro atoms. The lowest BCUT2D eigenvalue weighted by atomic mass is 10.4. The molecule has 1 rings (SSSR count). The van der Waals surface area contributed by atoms with Crippen LogP contribution in [-0.2, 0) is 14.8 Å². The summed E-state index contributed by atoms with van der Waals surface area (Å²) in [6.45, 7) is 1.96. The van der Waals surface area contributed by atoms with Crippen LogP contribution in [0, 0.1) is 0 Å². The molecule has 0 aliphatic rings. The molecule has 1 aromatic heterocycles. The molecule has 8 heteroatoms. The Bertz CT molecular complexity index is 522. The molecule has 0 bridgehead atoms. The normalized spacial score (nSPS) is 13.8. The van der Waals surface area contributed by atoms with Gasteiger partial charge in [0.15, 0.2) is 0 Å². The van der Waals surface area contributed by atoms with Crippen molar-refractivity contribution in [2.45, 2.75) is 17.9 Å². The highest BCUT2D eigenvalue weighted by Crippen LogP contribution is 2.17. The topological polar surface area (TPSA) is 99.7 Å². The number of rotatable bonds is 6. The third-order valence-electron chi connectivity index (χ3n) is 2.59. The van der Waals surface area contributed by atoms with E-state index in [0.29, 0.717) is 0 Å². The number of hydrogen-bond acceptors (Lipinski definition) is 4. The van der Waals surface area contributed by atoms with E-state index in [1.165, 1.54) is 14.2 Å². The summed E-state index contributed by atoms with van der Waals surface area (Å²) in [6, 6.07) is 0.747. The third kappa shape index (κ3) is 2.89. The Morgan fingerprint density at radius 1 is 1.61 bits per heavy atom. The number of H-pyrrole nitrogens is 1. The van der Waals surface area contributed by atoms with Crippen LogP contribution < -0.4 is 0 Å². The summed E-state index contributed by atoms with van der Waals surface area (Å²) in [5.74, 6) is -1.20. The quantitative estimate of drug-likeness (QED) is 0.782. The van der Waals surface area contributed by atoms with Crippen molar-refractivity contribution in [2.75, 3.05) is 20.8 Å². The monoisotopic (exact) mass is 276 g/mol. The molecule has 0 aliphatic heterocycles. The molecule has 0 aliphatic carbocycles. The van der Waals surface area contributed by atoms with Crippen molar-refractivity contribution in [3.05, 3.63) is 18.0 Å². The van der Waals surface area contributed by atoms with Crippen LogP contribution in [0.15, 0.2) is 17.2 Å². The summed E-state index contributed by atoms with van der Waals surface area (Å²) < 4.78 is 30.3. The lowest BCUT2D eigenvalue weighted by molar-refractivity contribution is 0.0691. The summed E-state index contributed by atoms with van der Waals surface area (Å²) >= 11 is 0. The fourth-order valence-corrected chi connectivity index (χ4v) is 2.74. The number of carbonyl (C=O) groups is 1. The van der Waals surface area contributed by atoms with Crippen molar-refractivity contribution in [1.82, 2.24) is 9.29 Å². The maximum absolute atomic E-state index is 12.1. The first-order valence-corrected chi connectivity index (χ1v) is 6.63. The summed E-state index contributed by atoms with van der Waals surface area (Å²) in [7, 11) is -0.809. The predicted molar refractivity (Wildman–Crippen MR) is 64.0 cm³/mol. The average molecular weight is 276 g/mol. The van der Waals surface area contributed by atoms with Gasteiger partial charge in [-0.15, -0.1) is 0 Å². The van der Waals surface area contributed by atoms with E-state index in [0.717, 1.165) is 16.6 Å². The van der Waals surface area contributed by atoms with E-state index in [-0.39, 0.29) is 23.2 Å². The SMILES string of the molecule is COCC(C)N(C)S(=O)(=O)c1c[nH]c(C(=O)O)c1. The van der Waals surface area contributed by atoms with Crippen LogP contribution in [0.3, 0.4) is 0 Å². The molecule has 0 amide bonds. The number of aromatic nitrogens is 1. The van der Waals surface area contributed by atoms with Gasteiger partial charge >= 0.3 is 5.97 Å². The number of carboxylic acids is 1. The van der Waals surface area contributed by atoms with E-state index < -0.39 is 16.0 Å². The molecule has 0 fully saturated rings. The first-order valence-electron chi connectivity index (χ1n) is 5.19. The van der Waals surface area contributed by atoms with Crippen LogP contribution in [0.4, 0.5) is 0 Å². The summed E-state index contributed by atoms with van der Waals surface area (Å²) in [5.41, 5.74) is -0.165. The number of hydrogen-bond donors (Lipinski definition) is 2. The first kappa shape index (κ1) is 14.7. The first-order chi connectivity index (χ1) is 8.30. The maximum atomic E-state index is 12.1. The highest BCUT2D eigenvalue weighted by molar-refractivity contribution is 7.89. The van der Waals surface area contributed by atoms with E-state index in [4.69, 9.17) is 9.84 Å². The van der Waals surface area contributed by atoms with E-state index in [1.807, 2.05) is 0 Å². The number of ether oxygens (including phenoxy) is 1. The zero-order valence-corrected chi connectivity index (χ0v) is 11.2. The molecular weight excluding hydrogens is 260 g/mol. The number of methoxy groups -OCH3 is 1. The van der Waals surface area contributed by atoms with E-state index in [1.54, 1.807) is 6.92 Å². The molecule has 2 N–H and O–H groups in total. The molecule has 0 saturated heterocycles. The van der Waals surface area contributed by atoms with Gasteiger partial charge in [-0.3, -0.25) is 0 Å². The molecule has 102 valence electrons. The molecule has 1 atom stereocenters. The van der Waals surface area contributed by atoms with Gasteiger partial charge in [-0.25, -0.2) is 13.2 Å². The van der Waals surface area contributed by atoms with Crippen molar-refractivity contribution < 1.29 is 23.1 Å². The summed E-state index contributed by atoms with van der Waals surface area (Å²) in [4.78, 5) is 13.0. The molecule has 1 aromatic rings. The number of nitrogens with one attached hydrogen (secondary N) is 1. The highest BCUT2D eigenvalue weighted by atomic mass is 32.2. The Hall–Kier alpha value is -1.38. The van der Waals surface area contributed by atoms with Crippen LogP contribution in [0.5, 0.6) is 0 Å². The second-order valence-electron chi connectivity index (χ2n) is 3.88. The molecule has 0 aromatic carbocycles. The second kappa shape index (κ2) is 5.51. The van der Waals surface area contributed by atoms with Gasteiger partial charge in [-0.05, 0) is 13.0 Å². The lowest BCUT2D eigenvalue weighted by Crippen LogP contribution is -2.37. The fraction of sp³-hybridized carbons (Fsp3) is 0.500. The van der Waals surface area contributed by atoms with Gasteiger partial charge in [0.2, 0.25) is 10.0 Å². The standard InChI is InChI=1S/C10H16N2O5S/c1-7(6-17-3)12(2)18(15,16)8-4-9(10(13)14)11-5-8/h4-5,7,11H,6H2,1-3H3,(H,13,14). The Kier molecular flexibility index (Phi) is 4.49. The molecule has 7 nitrogen and oxygen atoms in total. The molecule has 1 heterocycles. The predicted octanol–water partition coefficient (Wildman–Crippen LogP) is 0.368. The minimum atomic E-state index is -3.71. The van der Waals surface area contributed by atoms with Crippen LogP contribution >= 0.6 is 0 Å². The number of nitrogens with zero attached hydrogens (tertiary/aromatic N) is 1. The van der Waals surface area contributed by atoms with Gasteiger partial charge < -0.3 is 14.8 Å². The lowest BCUT2D eigenvalue weighted by Gasteiger charge is -2.22. The van der Waals surface area contributed by atoms with Crippen molar-refractivity contribution in [1.29, 1.82) is 0 Å². The van der Waals surface area contributed by atoms with Crippen LogP contribution in [0.2, 0.25) is 0 Å². The number of sulfonamides is 1. The molecule has 0 radical (unpaired) electrons. The molecule has 1 unspecified atom stereocenters. The number of carboxylic acid groups (broad SMARTS) is 1. The number of aromatic carboxylic acids is 1. The Labute approximate surface area is 105 Å². The molecule has 0 saturated carbocycles. The number of likely N-dealkylation sites (N-methyl/N-ethyl adjacent to an activating group) is 1. The van der Waals surface area contributed by atoms with Gasteiger partial charge in [0.1, 0.15) is 10.6 Å². The van der Waals surface area contributed by atoms with E-state index in [9.17, 15) is 13.2 Å².